The Morgan fingerprint density at radius 2 is 2.24 bits per heavy atom. The monoisotopic (exact) mass is 304 g/mol. The molecule has 0 fully saturated rings. The minimum Gasteiger partial charge on any atom is -0.462 e. The van der Waals surface area contributed by atoms with Crippen LogP contribution in [0.25, 0.3) is 0 Å². The van der Waals surface area contributed by atoms with E-state index in [1.165, 1.54) is 5.56 Å². The summed E-state index contributed by atoms with van der Waals surface area (Å²) < 4.78 is 5.01. The molecule has 0 spiro atoms. The normalized spacial score (nSPS) is 11.9. The van der Waals surface area contributed by atoms with E-state index in [4.69, 9.17) is 10.5 Å². The van der Waals surface area contributed by atoms with Gasteiger partial charge in [0.15, 0.2) is 0 Å². The third-order valence-corrected chi connectivity index (χ3v) is 3.86. The van der Waals surface area contributed by atoms with Crippen LogP contribution in [0.5, 0.6) is 0 Å². The lowest BCUT2D eigenvalue weighted by Crippen LogP contribution is -2.19. The largest absolute Gasteiger partial charge is 0.462 e. The number of anilines is 2. The fourth-order valence-corrected chi connectivity index (χ4v) is 2.84. The number of ether oxygens (including phenoxy) is 1. The molecule has 0 radical (unpaired) electrons. The van der Waals surface area contributed by atoms with Gasteiger partial charge >= 0.3 is 5.97 Å². The first-order chi connectivity index (χ1) is 10.1. The van der Waals surface area contributed by atoms with Gasteiger partial charge in [0.1, 0.15) is 0 Å². The second-order valence-electron chi connectivity index (χ2n) is 4.87. The Morgan fingerprint density at radius 3 is 2.90 bits per heavy atom. The highest BCUT2D eigenvalue weighted by Crippen LogP contribution is 2.25. The van der Waals surface area contributed by atoms with Crippen LogP contribution in [0.3, 0.4) is 0 Å². The van der Waals surface area contributed by atoms with Crippen molar-refractivity contribution in [3.8, 4) is 0 Å². The van der Waals surface area contributed by atoms with Gasteiger partial charge < -0.3 is 15.8 Å². The lowest BCUT2D eigenvalue weighted by atomic mass is 10.1. The van der Waals surface area contributed by atoms with E-state index in [9.17, 15) is 4.79 Å². The fourth-order valence-electron chi connectivity index (χ4n) is 2.16. The van der Waals surface area contributed by atoms with Gasteiger partial charge in [-0.05, 0) is 54.8 Å². The molecule has 5 heteroatoms. The molecule has 112 valence electrons. The maximum atomic E-state index is 11.8. The minimum absolute atomic E-state index is 0.222. The summed E-state index contributed by atoms with van der Waals surface area (Å²) in [5, 5.41) is 7.56. The van der Waals surface area contributed by atoms with E-state index in [0.29, 0.717) is 17.9 Å². The van der Waals surface area contributed by atoms with Gasteiger partial charge in [-0.3, -0.25) is 0 Å². The molecule has 2 rings (SSSR count). The average Bonchev–Trinajstić information content (AvgIpc) is 2.94. The first-order valence-electron chi connectivity index (χ1n) is 6.95. The SMILES string of the molecule is CCOC(=O)c1cccc(NC(C)Cc2ccsc2)c1N. The van der Waals surface area contributed by atoms with Crippen LogP contribution in [0.1, 0.15) is 29.8 Å². The molecule has 21 heavy (non-hydrogen) atoms. The number of esters is 1. The molecule has 1 atom stereocenters. The summed E-state index contributed by atoms with van der Waals surface area (Å²) in [7, 11) is 0. The molecule has 2 aromatic rings. The summed E-state index contributed by atoms with van der Waals surface area (Å²) in [6.45, 7) is 4.21. The number of nitrogens with one attached hydrogen (secondary N) is 1. The van der Waals surface area contributed by atoms with E-state index < -0.39 is 0 Å². The number of nitrogens with two attached hydrogens (primary N) is 1. The fraction of sp³-hybridized carbons (Fsp3) is 0.312. The number of carbonyl (C=O) groups excluding carboxylic acids is 1. The molecule has 1 aromatic carbocycles. The van der Waals surface area contributed by atoms with Gasteiger partial charge in [-0.1, -0.05) is 6.07 Å². The standard InChI is InChI=1S/C16H20N2O2S/c1-3-20-16(19)13-5-4-6-14(15(13)17)18-11(2)9-12-7-8-21-10-12/h4-8,10-11,18H,3,9,17H2,1-2H3. The lowest BCUT2D eigenvalue weighted by molar-refractivity contribution is 0.0527. The molecule has 0 aliphatic carbocycles. The van der Waals surface area contributed by atoms with Crippen LogP contribution >= 0.6 is 11.3 Å². The molecule has 0 saturated heterocycles. The summed E-state index contributed by atoms with van der Waals surface area (Å²) in [5.74, 6) is -0.385. The molecule has 1 unspecified atom stereocenters. The maximum Gasteiger partial charge on any atom is 0.340 e. The van der Waals surface area contributed by atoms with Gasteiger partial charge in [0, 0.05) is 6.04 Å². The molecule has 0 aliphatic heterocycles. The number of thiophene rings is 1. The zero-order chi connectivity index (χ0) is 15.2. The van der Waals surface area contributed by atoms with Gasteiger partial charge in [-0.2, -0.15) is 11.3 Å². The van der Waals surface area contributed by atoms with Crippen LogP contribution in [0, 0.1) is 0 Å². The Balaban J connectivity index is 2.09. The van der Waals surface area contributed by atoms with E-state index >= 15 is 0 Å². The van der Waals surface area contributed by atoms with Crippen molar-refractivity contribution in [2.75, 3.05) is 17.7 Å². The van der Waals surface area contributed by atoms with Crippen molar-refractivity contribution >= 4 is 28.7 Å². The van der Waals surface area contributed by atoms with E-state index in [0.717, 1.165) is 12.1 Å². The predicted octanol–water partition coefficient (Wildman–Crippen LogP) is 3.55. The summed E-state index contributed by atoms with van der Waals surface area (Å²) in [4.78, 5) is 11.8. The van der Waals surface area contributed by atoms with Crippen molar-refractivity contribution < 1.29 is 9.53 Å². The van der Waals surface area contributed by atoms with Gasteiger partial charge in [-0.25, -0.2) is 4.79 Å². The summed E-state index contributed by atoms with van der Waals surface area (Å²) in [6.07, 6.45) is 0.909. The molecule has 0 aliphatic rings. The number of para-hydroxylation sites is 1. The molecule has 1 heterocycles. The molecule has 0 amide bonds. The van der Waals surface area contributed by atoms with Crippen molar-refractivity contribution in [2.24, 2.45) is 0 Å². The number of carbonyl (C=O) groups is 1. The van der Waals surface area contributed by atoms with Crippen LogP contribution in [0.15, 0.2) is 35.0 Å². The van der Waals surface area contributed by atoms with Gasteiger partial charge in [0.2, 0.25) is 0 Å². The Hall–Kier alpha value is -2.01. The van der Waals surface area contributed by atoms with Gasteiger partial charge in [0.25, 0.3) is 0 Å². The van der Waals surface area contributed by atoms with Crippen molar-refractivity contribution in [3.63, 3.8) is 0 Å². The van der Waals surface area contributed by atoms with Gasteiger partial charge in [-0.15, -0.1) is 0 Å². The third kappa shape index (κ3) is 3.98. The van der Waals surface area contributed by atoms with Crippen molar-refractivity contribution in [2.45, 2.75) is 26.3 Å². The number of benzene rings is 1. The topological polar surface area (TPSA) is 64.3 Å². The number of hydrogen-bond donors (Lipinski definition) is 2. The van der Waals surface area contributed by atoms with Crippen molar-refractivity contribution in [3.05, 3.63) is 46.2 Å². The highest BCUT2D eigenvalue weighted by Gasteiger charge is 2.14. The number of nitrogen functional groups attached to an aromatic ring is 1. The number of rotatable bonds is 6. The first-order valence-corrected chi connectivity index (χ1v) is 7.89. The second-order valence-corrected chi connectivity index (χ2v) is 5.65. The first kappa shape index (κ1) is 15.4. The molecule has 0 bridgehead atoms. The summed E-state index contributed by atoms with van der Waals surface area (Å²) >= 11 is 1.69. The molecule has 0 saturated carbocycles. The Morgan fingerprint density at radius 1 is 1.43 bits per heavy atom. The highest BCUT2D eigenvalue weighted by atomic mass is 32.1. The molecule has 1 aromatic heterocycles. The van der Waals surface area contributed by atoms with Crippen LogP contribution in [-0.2, 0) is 11.2 Å². The van der Waals surface area contributed by atoms with E-state index in [2.05, 4.69) is 29.1 Å². The van der Waals surface area contributed by atoms with Crippen LogP contribution in [-0.4, -0.2) is 18.6 Å². The Labute approximate surface area is 128 Å². The van der Waals surface area contributed by atoms with E-state index in [-0.39, 0.29) is 12.0 Å². The Bertz CT molecular complexity index is 596. The van der Waals surface area contributed by atoms with Crippen LogP contribution in [0.2, 0.25) is 0 Å². The highest BCUT2D eigenvalue weighted by molar-refractivity contribution is 7.07. The van der Waals surface area contributed by atoms with Crippen molar-refractivity contribution in [1.82, 2.24) is 0 Å². The molecule has 4 nitrogen and oxygen atoms in total. The molecular formula is C16H20N2O2S. The lowest BCUT2D eigenvalue weighted by Gasteiger charge is -2.17. The van der Waals surface area contributed by atoms with Gasteiger partial charge in [0.05, 0.1) is 23.5 Å². The minimum atomic E-state index is -0.385. The Kier molecular flexibility index (Phi) is 5.22. The third-order valence-electron chi connectivity index (χ3n) is 3.13. The zero-order valence-electron chi connectivity index (χ0n) is 12.3. The number of hydrogen-bond acceptors (Lipinski definition) is 5. The predicted molar refractivity (Wildman–Crippen MR) is 87.9 cm³/mol. The van der Waals surface area contributed by atoms with Crippen LogP contribution in [0.4, 0.5) is 11.4 Å². The second kappa shape index (κ2) is 7.13. The average molecular weight is 304 g/mol. The maximum absolute atomic E-state index is 11.8. The molecule has 3 N–H and O–H groups in total. The summed E-state index contributed by atoms with van der Waals surface area (Å²) in [6, 6.07) is 7.70. The van der Waals surface area contributed by atoms with Crippen molar-refractivity contribution in [1.29, 1.82) is 0 Å². The quantitative estimate of drug-likeness (QED) is 0.633. The smallest absolute Gasteiger partial charge is 0.340 e. The van der Waals surface area contributed by atoms with E-state index in [1.807, 2.05) is 12.1 Å². The molecular weight excluding hydrogens is 284 g/mol. The summed E-state index contributed by atoms with van der Waals surface area (Å²) in [5.41, 5.74) is 8.98. The van der Waals surface area contributed by atoms with E-state index in [1.54, 1.807) is 24.3 Å². The van der Waals surface area contributed by atoms with Crippen LogP contribution < -0.4 is 11.1 Å². The zero-order valence-corrected chi connectivity index (χ0v) is 13.1.